The van der Waals surface area contributed by atoms with E-state index in [1.807, 2.05) is 0 Å². The highest BCUT2D eigenvalue weighted by molar-refractivity contribution is 6.28. The molecule has 8 heteroatoms. The van der Waals surface area contributed by atoms with Gasteiger partial charge in [-0.25, -0.2) is 4.98 Å². The molecule has 0 saturated heterocycles. The summed E-state index contributed by atoms with van der Waals surface area (Å²) in [7, 11) is 0. The number of alkyl halides is 3. The van der Waals surface area contributed by atoms with Crippen LogP contribution in [0.25, 0.3) is 0 Å². The van der Waals surface area contributed by atoms with Crippen LogP contribution in [0, 0.1) is 6.92 Å². The minimum absolute atomic E-state index is 0.0585. The Labute approximate surface area is 117 Å². The van der Waals surface area contributed by atoms with E-state index < -0.39 is 12.1 Å². The molecule has 20 heavy (non-hydrogen) atoms. The van der Waals surface area contributed by atoms with Crippen LogP contribution in [0.3, 0.4) is 0 Å². The molecule has 0 fully saturated rings. The molecule has 0 radical (unpaired) electrons. The van der Waals surface area contributed by atoms with Crippen LogP contribution in [0.4, 0.5) is 13.2 Å². The molecule has 1 aromatic carbocycles. The topological polar surface area (TPSA) is 44.2 Å². The Hall–Kier alpha value is -2.02. The van der Waals surface area contributed by atoms with Crippen LogP contribution in [-0.2, 0) is 0 Å². The van der Waals surface area contributed by atoms with Gasteiger partial charge in [0.1, 0.15) is 0 Å². The molecule has 0 aliphatic rings. The van der Waals surface area contributed by atoms with Gasteiger partial charge in [-0.05, 0) is 30.7 Å². The molecule has 0 saturated carbocycles. The molecule has 0 aliphatic carbocycles. The molecule has 0 unspecified atom stereocenters. The van der Waals surface area contributed by atoms with Gasteiger partial charge < -0.3 is 9.47 Å². The second-order valence-electron chi connectivity index (χ2n) is 3.72. The molecule has 0 bridgehead atoms. The summed E-state index contributed by atoms with van der Waals surface area (Å²) in [5, 5.41) is -0.0696. The lowest BCUT2D eigenvalue weighted by Crippen LogP contribution is -2.17. The third-order valence-electron chi connectivity index (χ3n) is 2.18. The zero-order valence-corrected chi connectivity index (χ0v) is 10.9. The highest BCUT2D eigenvalue weighted by Gasteiger charge is 2.32. The highest BCUT2D eigenvalue weighted by Crippen LogP contribution is 2.35. The lowest BCUT2D eigenvalue weighted by molar-refractivity contribution is -0.275. The van der Waals surface area contributed by atoms with E-state index in [1.165, 1.54) is 24.4 Å². The molecular weight excluding hydrogens is 297 g/mol. The van der Waals surface area contributed by atoms with E-state index in [4.69, 9.17) is 16.3 Å². The maximum Gasteiger partial charge on any atom is 0.573 e. The second kappa shape index (κ2) is 5.54. The zero-order valence-electron chi connectivity index (χ0n) is 10.1. The SMILES string of the molecule is Cc1cnc(Cl)nc1Oc1ccccc1OC(F)(F)F. The van der Waals surface area contributed by atoms with E-state index in [9.17, 15) is 13.2 Å². The summed E-state index contributed by atoms with van der Waals surface area (Å²) in [6.07, 6.45) is -3.41. The normalized spacial score (nSPS) is 11.2. The van der Waals surface area contributed by atoms with Gasteiger partial charge in [0.05, 0.1) is 0 Å². The van der Waals surface area contributed by atoms with Crippen LogP contribution in [0.1, 0.15) is 5.56 Å². The van der Waals surface area contributed by atoms with Gasteiger partial charge >= 0.3 is 6.36 Å². The van der Waals surface area contributed by atoms with Crippen LogP contribution in [0.5, 0.6) is 17.4 Å². The van der Waals surface area contributed by atoms with E-state index >= 15 is 0 Å². The summed E-state index contributed by atoms with van der Waals surface area (Å²) in [6, 6.07) is 5.38. The lowest BCUT2D eigenvalue weighted by atomic mass is 10.3. The van der Waals surface area contributed by atoms with E-state index in [1.54, 1.807) is 6.92 Å². The molecule has 4 nitrogen and oxygen atoms in total. The molecule has 2 aromatic rings. The third-order valence-corrected chi connectivity index (χ3v) is 2.36. The first kappa shape index (κ1) is 14.4. The molecule has 106 valence electrons. The first-order chi connectivity index (χ1) is 9.35. The Morgan fingerprint density at radius 3 is 2.45 bits per heavy atom. The predicted octanol–water partition coefficient (Wildman–Crippen LogP) is 4.13. The van der Waals surface area contributed by atoms with Gasteiger partial charge in [-0.3, -0.25) is 0 Å². The molecule has 2 rings (SSSR count). The molecule has 0 atom stereocenters. The minimum atomic E-state index is -4.81. The van der Waals surface area contributed by atoms with Gasteiger partial charge in [-0.2, -0.15) is 4.98 Å². The standard InChI is InChI=1S/C12H8ClF3N2O2/c1-7-6-17-11(13)18-10(7)19-8-4-2-3-5-9(8)20-12(14,15)16/h2-6H,1H3. The number of rotatable bonds is 3. The molecule has 0 spiro atoms. The third kappa shape index (κ3) is 3.74. The van der Waals surface area contributed by atoms with Crippen molar-refractivity contribution in [3.05, 3.63) is 41.3 Å². The smallest absolute Gasteiger partial charge is 0.435 e. The number of para-hydroxylation sites is 2. The van der Waals surface area contributed by atoms with Crippen LogP contribution >= 0.6 is 11.6 Å². The summed E-state index contributed by atoms with van der Waals surface area (Å²) in [4.78, 5) is 7.53. The Morgan fingerprint density at radius 1 is 1.15 bits per heavy atom. The maximum absolute atomic E-state index is 12.3. The number of aromatic nitrogens is 2. The molecule has 0 N–H and O–H groups in total. The fraction of sp³-hybridized carbons (Fsp3) is 0.167. The number of aryl methyl sites for hydroxylation is 1. The van der Waals surface area contributed by atoms with E-state index in [-0.39, 0.29) is 16.9 Å². The van der Waals surface area contributed by atoms with Gasteiger partial charge in [0.25, 0.3) is 0 Å². The summed E-state index contributed by atoms with van der Waals surface area (Å²) < 4.78 is 46.0. The van der Waals surface area contributed by atoms with Crippen molar-refractivity contribution < 1.29 is 22.6 Å². The average molecular weight is 305 g/mol. The lowest BCUT2D eigenvalue weighted by Gasteiger charge is -2.13. The van der Waals surface area contributed by atoms with Crippen LogP contribution in [0.15, 0.2) is 30.5 Å². The van der Waals surface area contributed by atoms with Crippen molar-refractivity contribution in [3.8, 4) is 17.4 Å². The fourth-order valence-electron chi connectivity index (χ4n) is 1.36. The molecule has 0 amide bonds. The summed E-state index contributed by atoms with van der Waals surface area (Å²) in [5.74, 6) is -0.528. The number of benzene rings is 1. The summed E-state index contributed by atoms with van der Waals surface area (Å²) >= 11 is 5.62. The molecule has 0 aliphatic heterocycles. The van der Waals surface area contributed by atoms with Crippen molar-refractivity contribution in [1.29, 1.82) is 0 Å². The van der Waals surface area contributed by atoms with Crippen molar-refractivity contribution in [3.63, 3.8) is 0 Å². The van der Waals surface area contributed by atoms with Crippen molar-refractivity contribution in [2.24, 2.45) is 0 Å². The Bertz CT molecular complexity index is 620. The Balaban J connectivity index is 2.32. The number of halogens is 4. The first-order valence-electron chi connectivity index (χ1n) is 5.37. The minimum Gasteiger partial charge on any atom is -0.435 e. The Kier molecular flexibility index (Phi) is 3.99. The average Bonchev–Trinajstić information content (AvgIpc) is 2.34. The maximum atomic E-state index is 12.3. The molecule has 1 aromatic heterocycles. The van der Waals surface area contributed by atoms with Gasteiger partial charge in [-0.15, -0.1) is 13.2 Å². The number of ether oxygens (including phenoxy) is 2. The van der Waals surface area contributed by atoms with Crippen molar-refractivity contribution >= 4 is 11.6 Å². The highest BCUT2D eigenvalue weighted by atomic mass is 35.5. The largest absolute Gasteiger partial charge is 0.573 e. The quantitative estimate of drug-likeness (QED) is 0.800. The van der Waals surface area contributed by atoms with E-state index in [0.717, 1.165) is 6.07 Å². The van der Waals surface area contributed by atoms with Crippen molar-refractivity contribution in [2.45, 2.75) is 13.3 Å². The van der Waals surface area contributed by atoms with Gasteiger partial charge in [0, 0.05) is 11.8 Å². The number of hydrogen-bond donors (Lipinski definition) is 0. The van der Waals surface area contributed by atoms with Crippen LogP contribution in [-0.4, -0.2) is 16.3 Å². The zero-order chi connectivity index (χ0) is 14.8. The van der Waals surface area contributed by atoms with Gasteiger partial charge in [0.15, 0.2) is 11.5 Å². The van der Waals surface area contributed by atoms with E-state index in [2.05, 4.69) is 14.7 Å². The number of nitrogens with zero attached hydrogens (tertiary/aromatic N) is 2. The monoisotopic (exact) mass is 304 g/mol. The fourth-order valence-corrected chi connectivity index (χ4v) is 1.48. The van der Waals surface area contributed by atoms with Gasteiger partial charge in [0.2, 0.25) is 11.2 Å². The van der Waals surface area contributed by atoms with Crippen molar-refractivity contribution in [2.75, 3.05) is 0 Å². The second-order valence-corrected chi connectivity index (χ2v) is 4.06. The van der Waals surface area contributed by atoms with E-state index in [0.29, 0.717) is 5.56 Å². The predicted molar refractivity (Wildman–Crippen MR) is 65.0 cm³/mol. The number of hydrogen-bond acceptors (Lipinski definition) is 4. The summed E-state index contributed by atoms with van der Waals surface area (Å²) in [6.45, 7) is 1.64. The molecular formula is C12H8ClF3N2O2. The Morgan fingerprint density at radius 2 is 1.80 bits per heavy atom. The van der Waals surface area contributed by atoms with Crippen LogP contribution in [0.2, 0.25) is 5.28 Å². The molecule has 1 heterocycles. The van der Waals surface area contributed by atoms with Gasteiger partial charge in [-0.1, -0.05) is 12.1 Å². The first-order valence-corrected chi connectivity index (χ1v) is 5.75. The summed E-state index contributed by atoms with van der Waals surface area (Å²) in [5.41, 5.74) is 0.524. The van der Waals surface area contributed by atoms with Crippen LogP contribution < -0.4 is 9.47 Å². The van der Waals surface area contributed by atoms with Crippen molar-refractivity contribution in [1.82, 2.24) is 9.97 Å².